The number of rotatable bonds is 5. The van der Waals surface area contributed by atoms with Gasteiger partial charge in [-0.25, -0.2) is 19.0 Å². The molecule has 0 aliphatic carbocycles. The zero-order valence-corrected chi connectivity index (χ0v) is 21.6. The molecule has 1 unspecified atom stereocenters. The van der Waals surface area contributed by atoms with E-state index in [1.165, 1.54) is 17.4 Å². The number of pyridine rings is 1. The van der Waals surface area contributed by atoms with Gasteiger partial charge in [-0.1, -0.05) is 0 Å². The number of methoxy groups -OCH3 is 1. The Morgan fingerprint density at radius 3 is 2.88 bits per heavy atom. The molecule has 11 heteroatoms. The van der Waals surface area contributed by atoms with Crippen LogP contribution in [0.15, 0.2) is 42.0 Å². The molecular formula is C23H22FIN6O2S. The lowest BCUT2D eigenvalue weighted by atomic mass is 10.1. The standard InChI is InChI=1S/C23H22FIN6O2S/c1-14-12-29(18-11-19(33-2)17(25)10-16(18)24)7-8-30(14)20(32)13-31-22-15(4-3-5-26-22)21(28-31)23-27-6-9-34-23/h3-6,9-11,14H,7-8,12-13H2,1-2H3. The van der Waals surface area contributed by atoms with Gasteiger partial charge < -0.3 is 14.5 Å². The molecule has 1 fully saturated rings. The number of hydrogen-bond donors (Lipinski definition) is 0. The fourth-order valence-corrected chi connectivity index (χ4v) is 5.59. The molecule has 1 amide bonds. The number of thiazole rings is 1. The summed E-state index contributed by atoms with van der Waals surface area (Å²) in [6.07, 6.45) is 3.43. The van der Waals surface area contributed by atoms with Crippen LogP contribution in [0.4, 0.5) is 10.1 Å². The van der Waals surface area contributed by atoms with Crippen LogP contribution in [0.3, 0.4) is 0 Å². The van der Waals surface area contributed by atoms with E-state index >= 15 is 0 Å². The lowest BCUT2D eigenvalue weighted by molar-refractivity contribution is -0.134. The Morgan fingerprint density at radius 1 is 1.29 bits per heavy atom. The molecular weight excluding hydrogens is 570 g/mol. The fraction of sp³-hybridized carbons (Fsp3) is 0.304. The van der Waals surface area contributed by atoms with Crippen LogP contribution in [0.2, 0.25) is 0 Å². The van der Waals surface area contributed by atoms with Crippen molar-refractivity contribution in [3.8, 4) is 16.5 Å². The highest BCUT2D eigenvalue weighted by atomic mass is 127. The van der Waals surface area contributed by atoms with Gasteiger partial charge in [0.1, 0.15) is 28.8 Å². The van der Waals surface area contributed by atoms with E-state index in [9.17, 15) is 9.18 Å². The minimum absolute atomic E-state index is 0.0476. The first-order valence-electron chi connectivity index (χ1n) is 10.7. The van der Waals surface area contributed by atoms with Gasteiger partial charge in [0, 0.05) is 54.9 Å². The third kappa shape index (κ3) is 4.22. The number of fused-ring (bicyclic) bond motifs is 1. The topological polar surface area (TPSA) is 76.4 Å². The van der Waals surface area contributed by atoms with Crippen molar-refractivity contribution in [2.45, 2.75) is 19.5 Å². The maximum atomic E-state index is 14.7. The number of ether oxygens (including phenoxy) is 1. The summed E-state index contributed by atoms with van der Waals surface area (Å²) in [6.45, 7) is 3.59. The molecule has 3 aromatic heterocycles. The molecule has 1 atom stereocenters. The molecule has 1 aromatic carbocycles. The van der Waals surface area contributed by atoms with Crippen molar-refractivity contribution in [1.29, 1.82) is 0 Å². The van der Waals surface area contributed by atoms with Crippen molar-refractivity contribution >= 4 is 56.6 Å². The molecule has 0 spiro atoms. The molecule has 0 N–H and O–H groups in total. The van der Waals surface area contributed by atoms with Crippen molar-refractivity contribution in [2.75, 3.05) is 31.6 Å². The molecule has 1 aliphatic rings. The number of amides is 1. The third-order valence-corrected chi connectivity index (χ3v) is 7.56. The fourth-order valence-electron chi connectivity index (χ4n) is 4.30. The largest absolute Gasteiger partial charge is 0.496 e. The Hall–Kier alpha value is -2.80. The number of carbonyl (C=O) groups is 1. The number of halogens is 2. The van der Waals surface area contributed by atoms with E-state index in [1.807, 2.05) is 34.2 Å². The predicted octanol–water partition coefficient (Wildman–Crippen LogP) is 4.04. The summed E-state index contributed by atoms with van der Waals surface area (Å²) in [6, 6.07) is 6.90. The van der Waals surface area contributed by atoms with Gasteiger partial charge in [-0.05, 0) is 47.7 Å². The Morgan fingerprint density at radius 2 is 2.15 bits per heavy atom. The first-order chi connectivity index (χ1) is 16.5. The SMILES string of the molecule is COc1cc(N2CCN(C(=O)Cn3nc(-c4nccs4)c4cccnc43)C(C)C2)c(F)cc1I. The van der Waals surface area contributed by atoms with Gasteiger partial charge >= 0.3 is 0 Å². The van der Waals surface area contributed by atoms with Crippen LogP contribution in [-0.4, -0.2) is 63.3 Å². The minimum atomic E-state index is -0.291. The monoisotopic (exact) mass is 592 g/mol. The van der Waals surface area contributed by atoms with Crippen molar-refractivity contribution in [3.63, 3.8) is 0 Å². The van der Waals surface area contributed by atoms with Crippen LogP contribution in [0, 0.1) is 9.39 Å². The Kier molecular flexibility index (Phi) is 6.38. The van der Waals surface area contributed by atoms with Gasteiger partial charge in [-0.2, -0.15) is 5.10 Å². The number of piperazine rings is 1. The summed E-state index contributed by atoms with van der Waals surface area (Å²) < 4.78 is 22.4. The second-order valence-electron chi connectivity index (χ2n) is 8.04. The smallest absolute Gasteiger partial charge is 0.244 e. The maximum Gasteiger partial charge on any atom is 0.244 e. The van der Waals surface area contributed by atoms with Gasteiger partial charge in [-0.15, -0.1) is 11.3 Å². The van der Waals surface area contributed by atoms with Gasteiger partial charge in [0.15, 0.2) is 5.65 Å². The van der Waals surface area contributed by atoms with Gasteiger partial charge in [-0.3, -0.25) is 4.79 Å². The first-order valence-corrected chi connectivity index (χ1v) is 12.7. The summed E-state index contributed by atoms with van der Waals surface area (Å²) in [4.78, 5) is 25.9. The highest BCUT2D eigenvalue weighted by Gasteiger charge is 2.30. The molecule has 0 saturated carbocycles. The van der Waals surface area contributed by atoms with Crippen molar-refractivity contribution in [1.82, 2.24) is 24.6 Å². The van der Waals surface area contributed by atoms with Crippen molar-refractivity contribution < 1.29 is 13.9 Å². The molecule has 1 aliphatic heterocycles. The van der Waals surface area contributed by atoms with E-state index in [2.05, 4.69) is 37.7 Å². The van der Waals surface area contributed by atoms with E-state index in [-0.39, 0.29) is 24.3 Å². The van der Waals surface area contributed by atoms with Crippen LogP contribution in [0.25, 0.3) is 21.7 Å². The van der Waals surface area contributed by atoms with Crippen LogP contribution in [0.1, 0.15) is 6.92 Å². The zero-order valence-electron chi connectivity index (χ0n) is 18.6. The van der Waals surface area contributed by atoms with E-state index < -0.39 is 0 Å². The molecule has 34 heavy (non-hydrogen) atoms. The van der Waals surface area contributed by atoms with E-state index in [0.717, 1.165) is 19.7 Å². The number of benzene rings is 1. The third-order valence-electron chi connectivity index (χ3n) is 5.94. The van der Waals surface area contributed by atoms with Crippen molar-refractivity contribution in [2.24, 2.45) is 0 Å². The highest BCUT2D eigenvalue weighted by molar-refractivity contribution is 14.1. The summed E-state index contributed by atoms with van der Waals surface area (Å²) in [5, 5.41) is 8.23. The number of carbonyl (C=O) groups excluding carboxylic acids is 1. The van der Waals surface area contributed by atoms with Gasteiger partial charge in [0.25, 0.3) is 0 Å². The van der Waals surface area contributed by atoms with E-state index in [1.54, 1.807) is 30.3 Å². The van der Waals surface area contributed by atoms with Crippen LogP contribution in [-0.2, 0) is 11.3 Å². The number of hydrogen-bond acceptors (Lipinski definition) is 7. The Bertz CT molecular complexity index is 1340. The summed E-state index contributed by atoms with van der Waals surface area (Å²) >= 11 is 3.56. The normalized spacial score (nSPS) is 16.3. The molecule has 4 aromatic rings. The van der Waals surface area contributed by atoms with Crippen molar-refractivity contribution in [3.05, 3.63) is 51.4 Å². The Labute approximate surface area is 213 Å². The molecule has 4 heterocycles. The average molecular weight is 592 g/mol. The lowest BCUT2D eigenvalue weighted by Crippen LogP contribution is -2.55. The lowest BCUT2D eigenvalue weighted by Gasteiger charge is -2.41. The quantitative estimate of drug-likeness (QED) is 0.326. The Balaban J connectivity index is 1.34. The number of nitrogens with zero attached hydrogens (tertiary/aromatic N) is 6. The molecule has 5 rings (SSSR count). The van der Waals surface area contributed by atoms with Gasteiger partial charge in [0.05, 0.1) is 16.4 Å². The van der Waals surface area contributed by atoms with Crippen LogP contribution >= 0.6 is 33.9 Å². The molecule has 1 saturated heterocycles. The molecule has 0 bridgehead atoms. The summed E-state index contributed by atoms with van der Waals surface area (Å²) in [7, 11) is 1.58. The second kappa shape index (κ2) is 9.45. The molecule has 176 valence electrons. The maximum absolute atomic E-state index is 14.7. The molecule has 8 nitrogen and oxygen atoms in total. The number of anilines is 1. The minimum Gasteiger partial charge on any atom is -0.496 e. The van der Waals surface area contributed by atoms with Crippen LogP contribution < -0.4 is 9.64 Å². The first kappa shape index (κ1) is 23.0. The summed E-state index contributed by atoms with van der Waals surface area (Å²) in [5.41, 5.74) is 1.87. The molecule has 0 radical (unpaired) electrons. The average Bonchev–Trinajstić information content (AvgIpc) is 3.48. The van der Waals surface area contributed by atoms with E-state index in [4.69, 9.17) is 4.74 Å². The zero-order chi connectivity index (χ0) is 23.8. The van der Waals surface area contributed by atoms with Crippen LogP contribution in [0.5, 0.6) is 5.75 Å². The summed E-state index contributed by atoms with van der Waals surface area (Å²) in [5.74, 6) is 0.298. The highest BCUT2D eigenvalue weighted by Crippen LogP contribution is 2.32. The predicted molar refractivity (Wildman–Crippen MR) is 138 cm³/mol. The van der Waals surface area contributed by atoms with Gasteiger partial charge in [0.2, 0.25) is 5.91 Å². The number of aromatic nitrogens is 4. The van der Waals surface area contributed by atoms with E-state index in [0.29, 0.717) is 36.7 Å². The second-order valence-corrected chi connectivity index (χ2v) is 10.1.